The Kier molecular flexibility index (Phi) is 3.74. The molecule has 0 unspecified atom stereocenters. The van der Waals surface area contributed by atoms with Crippen LogP contribution in [-0.4, -0.2) is 33.4 Å². The van der Waals surface area contributed by atoms with Gasteiger partial charge in [0.05, 0.1) is 6.20 Å². The molecule has 1 aromatic carbocycles. The predicted molar refractivity (Wildman–Crippen MR) is 91.5 cm³/mol. The molecule has 0 aliphatic carbocycles. The summed E-state index contributed by atoms with van der Waals surface area (Å²) in [6, 6.07) is 8.04. The highest BCUT2D eigenvalue weighted by Crippen LogP contribution is 2.25. The van der Waals surface area contributed by atoms with Gasteiger partial charge < -0.3 is 10.1 Å². The lowest BCUT2D eigenvalue weighted by Gasteiger charge is -2.10. The number of anilines is 1. The summed E-state index contributed by atoms with van der Waals surface area (Å²) < 4.78 is 7.18. The number of carbonyl (C=O) groups is 1. The van der Waals surface area contributed by atoms with Crippen molar-refractivity contribution in [3.63, 3.8) is 0 Å². The molecule has 1 atom stereocenters. The molecule has 0 radical (unpaired) electrons. The van der Waals surface area contributed by atoms with Crippen molar-refractivity contribution in [2.45, 2.75) is 18.9 Å². The van der Waals surface area contributed by atoms with Gasteiger partial charge in [0, 0.05) is 37.0 Å². The number of hydrogen-bond acceptors (Lipinski definition) is 4. The first-order valence-electron chi connectivity index (χ1n) is 8.00. The number of pyridine rings is 1. The van der Waals surface area contributed by atoms with Crippen LogP contribution in [0.1, 0.15) is 12.8 Å². The standard InChI is InChI=1S/C18H18N4O2/c1-22-11-15(10-20-22)12-4-5-13-9-19-17(8-14(13)7-12)21-18(23)16-3-2-6-24-16/h4-5,7-11,16H,2-3,6H2,1H3,(H,19,21,23)/t16-/m1/s1. The molecule has 6 heteroatoms. The van der Waals surface area contributed by atoms with Crippen LogP contribution in [0.2, 0.25) is 0 Å². The van der Waals surface area contributed by atoms with E-state index >= 15 is 0 Å². The predicted octanol–water partition coefficient (Wildman–Crippen LogP) is 2.75. The maximum absolute atomic E-state index is 12.2. The molecular weight excluding hydrogens is 304 g/mol. The van der Waals surface area contributed by atoms with Gasteiger partial charge in [-0.05, 0) is 35.9 Å². The van der Waals surface area contributed by atoms with Crippen LogP contribution in [0.25, 0.3) is 21.9 Å². The zero-order chi connectivity index (χ0) is 16.5. The Labute approximate surface area is 139 Å². The summed E-state index contributed by atoms with van der Waals surface area (Å²) in [5, 5.41) is 9.10. The number of hydrogen-bond donors (Lipinski definition) is 1. The van der Waals surface area contributed by atoms with Gasteiger partial charge in [0.1, 0.15) is 11.9 Å². The molecule has 3 aromatic rings. The molecule has 1 aliphatic heterocycles. The van der Waals surface area contributed by atoms with E-state index in [2.05, 4.69) is 21.5 Å². The molecule has 1 amide bonds. The van der Waals surface area contributed by atoms with Crippen molar-refractivity contribution >= 4 is 22.5 Å². The third-order valence-electron chi connectivity index (χ3n) is 4.23. The highest BCUT2D eigenvalue weighted by molar-refractivity contribution is 5.96. The lowest BCUT2D eigenvalue weighted by molar-refractivity contribution is -0.124. The highest BCUT2D eigenvalue weighted by Gasteiger charge is 2.23. The van der Waals surface area contributed by atoms with Crippen LogP contribution in [0.5, 0.6) is 0 Å². The molecule has 2 aromatic heterocycles. The molecule has 24 heavy (non-hydrogen) atoms. The number of aryl methyl sites for hydroxylation is 1. The summed E-state index contributed by atoms with van der Waals surface area (Å²) in [5.74, 6) is 0.425. The Hall–Kier alpha value is -2.73. The first-order chi connectivity index (χ1) is 11.7. The number of nitrogens with one attached hydrogen (secondary N) is 1. The fourth-order valence-corrected chi connectivity index (χ4v) is 2.95. The monoisotopic (exact) mass is 322 g/mol. The van der Waals surface area contributed by atoms with E-state index in [1.807, 2.05) is 37.6 Å². The summed E-state index contributed by atoms with van der Waals surface area (Å²) in [6.45, 7) is 0.651. The number of rotatable bonds is 3. The van der Waals surface area contributed by atoms with Gasteiger partial charge in [-0.1, -0.05) is 12.1 Å². The number of aromatic nitrogens is 3. The average Bonchev–Trinajstić information content (AvgIpc) is 3.25. The van der Waals surface area contributed by atoms with Gasteiger partial charge in [-0.25, -0.2) is 4.98 Å². The SMILES string of the molecule is Cn1cc(-c2ccc3cnc(NC(=O)[C@H]4CCCO4)cc3c2)cn1. The van der Waals surface area contributed by atoms with Crippen molar-refractivity contribution in [1.29, 1.82) is 0 Å². The van der Waals surface area contributed by atoms with E-state index < -0.39 is 0 Å². The van der Waals surface area contributed by atoms with Gasteiger partial charge >= 0.3 is 0 Å². The fraction of sp³-hybridized carbons (Fsp3) is 0.278. The first-order valence-corrected chi connectivity index (χ1v) is 8.00. The minimum absolute atomic E-state index is 0.122. The molecule has 1 fully saturated rings. The quantitative estimate of drug-likeness (QED) is 0.805. The molecule has 1 aliphatic rings. The van der Waals surface area contributed by atoms with Gasteiger partial charge in [0.25, 0.3) is 5.91 Å². The van der Waals surface area contributed by atoms with E-state index in [9.17, 15) is 4.79 Å². The molecule has 6 nitrogen and oxygen atoms in total. The number of fused-ring (bicyclic) bond motifs is 1. The Bertz CT molecular complexity index is 897. The number of ether oxygens (including phenoxy) is 1. The summed E-state index contributed by atoms with van der Waals surface area (Å²) in [7, 11) is 1.90. The Morgan fingerprint density at radius 1 is 1.25 bits per heavy atom. The Morgan fingerprint density at radius 2 is 2.17 bits per heavy atom. The lowest BCUT2D eigenvalue weighted by Crippen LogP contribution is -2.27. The van der Waals surface area contributed by atoms with Crippen molar-refractivity contribution in [2.75, 3.05) is 11.9 Å². The third-order valence-corrected chi connectivity index (χ3v) is 4.23. The van der Waals surface area contributed by atoms with Crippen molar-refractivity contribution in [3.8, 4) is 11.1 Å². The molecule has 3 heterocycles. The van der Waals surface area contributed by atoms with Crippen LogP contribution < -0.4 is 5.32 Å². The number of benzene rings is 1. The van der Waals surface area contributed by atoms with E-state index in [0.29, 0.717) is 12.4 Å². The maximum atomic E-state index is 12.2. The normalized spacial score (nSPS) is 17.3. The van der Waals surface area contributed by atoms with Crippen LogP contribution in [0.3, 0.4) is 0 Å². The van der Waals surface area contributed by atoms with Gasteiger partial charge in [0.2, 0.25) is 0 Å². The Balaban J connectivity index is 1.62. The molecule has 0 bridgehead atoms. The fourth-order valence-electron chi connectivity index (χ4n) is 2.95. The van der Waals surface area contributed by atoms with E-state index in [1.54, 1.807) is 10.9 Å². The van der Waals surface area contributed by atoms with E-state index in [0.717, 1.165) is 34.7 Å². The summed E-state index contributed by atoms with van der Waals surface area (Å²) >= 11 is 0. The minimum atomic E-state index is -0.357. The highest BCUT2D eigenvalue weighted by atomic mass is 16.5. The number of nitrogens with zero attached hydrogens (tertiary/aromatic N) is 3. The van der Waals surface area contributed by atoms with Gasteiger partial charge in [0.15, 0.2) is 0 Å². The molecule has 1 N–H and O–H groups in total. The van der Waals surface area contributed by atoms with Gasteiger partial charge in [-0.2, -0.15) is 5.10 Å². The number of amides is 1. The van der Waals surface area contributed by atoms with E-state index in [-0.39, 0.29) is 12.0 Å². The second-order valence-corrected chi connectivity index (χ2v) is 6.03. The van der Waals surface area contributed by atoms with Crippen LogP contribution in [0.15, 0.2) is 42.9 Å². The zero-order valence-corrected chi connectivity index (χ0v) is 13.4. The van der Waals surface area contributed by atoms with Crippen molar-refractivity contribution < 1.29 is 9.53 Å². The summed E-state index contributed by atoms with van der Waals surface area (Å²) in [4.78, 5) is 16.5. The summed E-state index contributed by atoms with van der Waals surface area (Å²) in [6.07, 6.45) is 6.92. The Morgan fingerprint density at radius 3 is 2.92 bits per heavy atom. The van der Waals surface area contributed by atoms with Crippen LogP contribution in [0, 0.1) is 0 Å². The summed E-state index contributed by atoms with van der Waals surface area (Å²) in [5.41, 5.74) is 2.14. The molecule has 0 saturated carbocycles. The van der Waals surface area contributed by atoms with Crippen molar-refractivity contribution in [3.05, 3.63) is 42.9 Å². The minimum Gasteiger partial charge on any atom is -0.368 e. The molecule has 0 spiro atoms. The smallest absolute Gasteiger partial charge is 0.254 e. The number of carbonyl (C=O) groups excluding carboxylic acids is 1. The lowest BCUT2D eigenvalue weighted by atomic mass is 10.1. The third kappa shape index (κ3) is 2.88. The second-order valence-electron chi connectivity index (χ2n) is 6.03. The molecular formula is C18H18N4O2. The first kappa shape index (κ1) is 14.8. The maximum Gasteiger partial charge on any atom is 0.254 e. The van der Waals surface area contributed by atoms with Crippen LogP contribution in [0.4, 0.5) is 5.82 Å². The molecule has 4 rings (SSSR count). The zero-order valence-electron chi connectivity index (χ0n) is 13.4. The van der Waals surface area contributed by atoms with E-state index in [4.69, 9.17) is 4.74 Å². The van der Waals surface area contributed by atoms with Gasteiger partial charge in [-0.3, -0.25) is 9.48 Å². The van der Waals surface area contributed by atoms with Gasteiger partial charge in [-0.15, -0.1) is 0 Å². The van der Waals surface area contributed by atoms with Crippen molar-refractivity contribution in [2.24, 2.45) is 7.05 Å². The van der Waals surface area contributed by atoms with Crippen LogP contribution in [-0.2, 0) is 16.6 Å². The van der Waals surface area contributed by atoms with Crippen molar-refractivity contribution in [1.82, 2.24) is 14.8 Å². The van der Waals surface area contributed by atoms with E-state index in [1.165, 1.54) is 0 Å². The average molecular weight is 322 g/mol. The van der Waals surface area contributed by atoms with Crippen LogP contribution >= 0.6 is 0 Å². The topological polar surface area (TPSA) is 69.0 Å². The second kappa shape index (κ2) is 6.05. The molecule has 122 valence electrons. The molecule has 1 saturated heterocycles. The largest absolute Gasteiger partial charge is 0.368 e.